The second-order valence-electron chi connectivity index (χ2n) is 8.92. The topological polar surface area (TPSA) is 136 Å². The first-order valence-corrected chi connectivity index (χ1v) is 11.7. The van der Waals surface area contributed by atoms with Crippen LogP contribution in [0.5, 0.6) is 0 Å². The third kappa shape index (κ3) is 5.16. The molecule has 190 valence electrons. The van der Waals surface area contributed by atoms with E-state index in [9.17, 15) is 19.2 Å². The SMILES string of the molecule is COC(=O)c1cccc(N(C(N)=O)C2CC(c3ccccc3)c3ccc(C)cc3N(CC(N)=O)C2=O)c1. The Balaban J connectivity index is 1.92. The standard InChI is InChI=1S/C28H28N4O5/c1-17-11-12-21-22(18-7-4-3-5-8-18)15-24(26(34)31(16-25(29)33)23(21)13-17)32(28(30)36)20-10-6-9-19(14-20)27(35)37-2/h3-14,22,24H,15-16H2,1-2H3,(H2,29,33)(H2,30,36). The number of nitrogens with two attached hydrogens (primary N) is 2. The van der Waals surface area contributed by atoms with Crippen LogP contribution in [0.25, 0.3) is 0 Å². The number of fused-ring (bicyclic) bond motifs is 1. The highest BCUT2D eigenvalue weighted by molar-refractivity contribution is 6.08. The molecule has 0 radical (unpaired) electrons. The Morgan fingerprint density at radius 3 is 2.38 bits per heavy atom. The van der Waals surface area contributed by atoms with Crippen molar-refractivity contribution in [2.24, 2.45) is 11.5 Å². The zero-order chi connectivity index (χ0) is 26.7. The molecule has 4 amide bonds. The fourth-order valence-electron chi connectivity index (χ4n) is 4.83. The molecule has 0 spiro atoms. The van der Waals surface area contributed by atoms with E-state index in [4.69, 9.17) is 16.2 Å². The number of primary amides is 2. The lowest BCUT2D eigenvalue weighted by Crippen LogP contribution is -2.54. The summed E-state index contributed by atoms with van der Waals surface area (Å²) in [6, 6.07) is 19.5. The van der Waals surface area contributed by atoms with Gasteiger partial charge in [0.1, 0.15) is 12.6 Å². The lowest BCUT2D eigenvalue weighted by Gasteiger charge is -2.32. The molecule has 3 aromatic carbocycles. The second-order valence-corrected chi connectivity index (χ2v) is 8.92. The largest absolute Gasteiger partial charge is 0.465 e. The number of hydrogen-bond donors (Lipinski definition) is 2. The van der Waals surface area contributed by atoms with Crippen LogP contribution in [0.1, 0.15) is 39.4 Å². The van der Waals surface area contributed by atoms with Crippen LogP contribution in [0.4, 0.5) is 16.2 Å². The van der Waals surface area contributed by atoms with Crippen LogP contribution < -0.4 is 21.3 Å². The van der Waals surface area contributed by atoms with Gasteiger partial charge in [0, 0.05) is 17.3 Å². The summed E-state index contributed by atoms with van der Waals surface area (Å²) in [6.45, 7) is 1.52. The number of amides is 4. The quantitative estimate of drug-likeness (QED) is 0.501. The van der Waals surface area contributed by atoms with Gasteiger partial charge in [-0.1, -0.05) is 48.5 Å². The Kier molecular flexibility index (Phi) is 7.24. The molecule has 4 N–H and O–H groups in total. The van der Waals surface area contributed by atoms with Gasteiger partial charge in [-0.3, -0.25) is 14.5 Å². The molecule has 1 aliphatic heterocycles. The van der Waals surface area contributed by atoms with Gasteiger partial charge in [0.2, 0.25) is 5.91 Å². The molecule has 3 aromatic rings. The monoisotopic (exact) mass is 500 g/mol. The number of hydrogen-bond acceptors (Lipinski definition) is 5. The van der Waals surface area contributed by atoms with Gasteiger partial charge in [0.05, 0.1) is 12.7 Å². The van der Waals surface area contributed by atoms with Crippen LogP contribution in [0, 0.1) is 6.92 Å². The fraction of sp³-hybridized carbons (Fsp3) is 0.214. The Morgan fingerprint density at radius 1 is 1.00 bits per heavy atom. The van der Waals surface area contributed by atoms with Crippen LogP contribution in [-0.2, 0) is 14.3 Å². The number of anilines is 2. The molecule has 2 unspecified atom stereocenters. The highest BCUT2D eigenvalue weighted by Crippen LogP contribution is 2.41. The van der Waals surface area contributed by atoms with Crippen LogP contribution in [0.3, 0.4) is 0 Å². The average molecular weight is 501 g/mol. The summed E-state index contributed by atoms with van der Waals surface area (Å²) in [5.41, 5.74) is 15.0. The summed E-state index contributed by atoms with van der Waals surface area (Å²) in [7, 11) is 1.25. The number of carbonyl (C=O) groups excluding carboxylic acids is 4. The van der Waals surface area contributed by atoms with Crippen LogP contribution in [0.2, 0.25) is 0 Å². The Labute approximate surface area is 214 Å². The highest BCUT2D eigenvalue weighted by Gasteiger charge is 2.41. The highest BCUT2D eigenvalue weighted by atomic mass is 16.5. The molecule has 9 heteroatoms. The number of methoxy groups -OCH3 is 1. The Morgan fingerprint density at radius 2 is 1.73 bits per heavy atom. The number of aryl methyl sites for hydroxylation is 1. The predicted octanol–water partition coefficient (Wildman–Crippen LogP) is 3.09. The first-order chi connectivity index (χ1) is 17.7. The van der Waals surface area contributed by atoms with Crippen molar-refractivity contribution in [2.75, 3.05) is 23.5 Å². The maximum atomic E-state index is 14.1. The minimum atomic E-state index is -1.09. The second kappa shape index (κ2) is 10.5. The van der Waals surface area contributed by atoms with Crippen molar-refractivity contribution in [1.29, 1.82) is 0 Å². The third-order valence-electron chi connectivity index (χ3n) is 6.47. The van der Waals surface area contributed by atoms with Crippen molar-refractivity contribution in [1.82, 2.24) is 0 Å². The molecular weight excluding hydrogens is 472 g/mol. The van der Waals surface area contributed by atoms with Gasteiger partial charge in [0.15, 0.2) is 0 Å². The molecule has 2 atom stereocenters. The summed E-state index contributed by atoms with van der Waals surface area (Å²) in [6.07, 6.45) is 0.180. The van der Waals surface area contributed by atoms with Gasteiger partial charge in [-0.05, 0) is 54.3 Å². The van der Waals surface area contributed by atoms with E-state index in [1.54, 1.807) is 12.1 Å². The van der Waals surface area contributed by atoms with Gasteiger partial charge in [0.25, 0.3) is 5.91 Å². The normalized spacial score (nSPS) is 16.9. The van der Waals surface area contributed by atoms with E-state index in [0.717, 1.165) is 21.6 Å². The van der Waals surface area contributed by atoms with Crippen molar-refractivity contribution in [3.8, 4) is 0 Å². The van der Waals surface area contributed by atoms with E-state index >= 15 is 0 Å². The van der Waals surface area contributed by atoms with E-state index < -0.39 is 29.9 Å². The Hall–Kier alpha value is -4.66. The zero-order valence-corrected chi connectivity index (χ0v) is 20.6. The molecule has 0 fully saturated rings. The number of esters is 1. The van der Waals surface area contributed by atoms with Gasteiger partial charge in [-0.25, -0.2) is 9.59 Å². The van der Waals surface area contributed by atoms with Gasteiger partial charge >= 0.3 is 12.0 Å². The van der Waals surface area contributed by atoms with Crippen LogP contribution in [-0.4, -0.2) is 43.5 Å². The van der Waals surface area contributed by atoms with Gasteiger partial charge in [-0.15, -0.1) is 0 Å². The van der Waals surface area contributed by atoms with Crippen molar-refractivity contribution in [3.63, 3.8) is 0 Å². The van der Waals surface area contributed by atoms with Crippen molar-refractivity contribution in [3.05, 3.63) is 95.1 Å². The number of benzene rings is 3. The maximum absolute atomic E-state index is 14.1. The fourth-order valence-corrected chi connectivity index (χ4v) is 4.83. The summed E-state index contributed by atoms with van der Waals surface area (Å²) in [4.78, 5) is 53.7. The molecule has 37 heavy (non-hydrogen) atoms. The maximum Gasteiger partial charge on any atom is 0.337 e. The third-order valence-corrected chi connectivity index (χ3v) is 6.47. The zero-order valence-electron chi connectivity index (χ0n) is 20.6. The van der Waals surface area contributed by atoms with E-state index in [0.29, 0.717) is 5.69 Å². The number of rotatable bonds is 6. The van der Waals surface area contributed by atoms with Crippen molar-refractivity contribution < 1.29 is 23.9 Å². The number of nitrogens with zero attached hydrogens (tertiary/aromatic N) is 2. The number of carbonyl (C=O) groups is 4. The summed E-state index contributed by atoms with van der Waals surface area (Å²) < 4.78 is 4.81. The molecule has 0 aromatic heterocycles. The smallest absolute Gasteiger partial charge is 0.337 e. The van der Waals surface area contributed by atoms with E-state index in [-0.39, 0.29) is 30.1 Å². The first kappa shape index (κ1) is 25.4. The lowest BCUT2D eigenvalue weighted by molar-refractivity contribution is -0.123. The summed E-state index contributed by atoms with van der Waals surface area (Å²) in [5.74, 6) is -2.12. The molecule has 9 nitrogen and oxygen atoms in total. The molecule has 1 heterocycles. The van der Waals surface area contributed by atoms with Crippen LogP contribution in [0.15, 0.2) is 72.8 Å². The average Bonchev–Trinajstić information content (AvgIpc) is 2.99. The molecule has 4 rings (SSSR count). The van der Waals surface area contributed by atoms with Crippen molar-refractivity contribution in [2.45, 2.75) is 25.3 Å². The van der Waals surface area contributed by atoms with Crippen LogP contribution >= 0.6 is 0 Å². The first-order valence-electron chi connectivity index (χ1n) is 11.7. The van der Waals surface area contributed by atoms with E-state index in [1.807, 2.05) is 55.5 Å². The number of urea groups is 1. The van der Waals surface area contributed by atoms with Gasteiger partial charge in [-0.2, -0.15) is 0 Å². The van der Waals surface area contributed by atoms with E-state index in [1.165, 1.54) is 24.1 Å². The van der Waals surface area contributed by atoms with Gasteiger partial charge < -0.3 is 21.1 Å². The lowest BCUT2D eigenvalue weighted by atomic mass is 9.85. The molecule has 0 saturated carbocycles. The minimum Gasteiger partial charge on any atom is -0.465 e. The molecule has 0 saturated heterocycles. The van der Waals surface area contributed by atoms with E-state index in [2.05, 4.69) is 0 Å². The summed E-state index contributed by atoms with van der Waals surface area (Å²) in [5, 5.41) is 0. The molecule has 0 aliphatic carbocycles. The molecule has 1 aliphatic rings. The summed E-state index contributed by atoms with van der Waals surface area (Å²) >= 11 is 0. The van der Waals surface area contributed by atoms with Crippen molar-refractivity contribution >= 4 is 35.2 Å². The number of ether oxygens (including phenoxy) is 1. The minimum absolute atomic E-state index is 0.180. The molecular formula is C28H28N4O5. The Bertz CT molecular complexity index is 1360. The predicted molar refractivity (Wildman–Crippen MR) is 139 cm³/mol. The molecule has 0 bridgehead atoms.